The summed E-state index contributed by atoms with van der Waals surface area (Å²) in [5, 5.41) is 14.2. The first-order chi connectivity index (χ1) is 10.7. The maximum absolute atomic E-state index is 11.9. The maximum atomic E-state index is 11.9. The van der Waals surface area contributed by atoms with E-state index in [1.165, 1.54) is 17.7 Å². The molecule has 0 radical (unpaired) electrons. The average Bonchev–Trinajstić information content (AvgIpc) is 3.02. The van der Waals surface area contributed by atoms with Gasteiger partial charge in [0, 0.05) is 22.7 Å². The van der Waals surface area contributed by atoms with E-state index >= 15 is 0 Å². The molecule has 3 rings (SSSR count). The standard InChI is InChI=1S/C15H21N5OS/c1-11-6-7-12(22-11)9-16-15(21)17-10-14-19-18-13-5-3-2-4-8-20(13)14/h6-7H,2-5,8-10H2,1H3,(H2,16,17,21). The maximum Gasteiger partial charge on any atom is 0.315 e. The summed E-state index contributed by atoms with van der Waals surface area (Å²) >= 11 is 1.70. The zero-order valence-electron chi connectivity index (χ0n) is 12.8. The summed E-state index contributed by atoms with van der Waals surface area (Å²) in [4.78, 5) is 14.3. The van der Waals surface area contributed by atoms with Crippen molar-refractivity contribution in [2.45, 2.75) is 52.2 Å². The molecule has 3 heterocycles. The zero-order valence-corrected chi connectivity index (χ0v) is 13.6. The van der Waals surface area contributed by atoms with Crippen LogP contribution in [0.5, 0.6) is 0 Å². The Kier molecular flexibility index (Phi) is 4.72. The van der Waals surface area contributed by atoms with Crippen LogP contribution in [-0.4, -0.2) is 20.8 Å². The Hall–Kier alpha value is -1.89. The molecule has 1 aliphatic heterocycles. The fourth-order valence-electron chi connectivity index (χ4n) is 2.65. The smallest absolute Gasteiger partial charge is 0.315 e. The fraction of sp³-hybridized carbons (Fsp3) is 0.533. The Morgan fingerprint density at radius 3 is 2.91 bits per heavy atom. The van der Waals surface area contributed by atoms with Crippen LogP contribution in [0, 0.1) is 6.92 Å². The number of carbonyl (C=O) groups excluding carboxylic acids is 1. The van der Waals surface area contributed by atoms with Gasteiger partial charge in [0.1, 0.15) is 5.82 Å². The number of hydrogen-bond acceptors (Lipinski definition) is 4. The highest BCUT2D eigenvalue weighted by Crippen LogP contribution is 2.15. The SMILES string of the molecule is Cc1ccc(CNC(=O)NCc2nnc3n2CCCCC3)s1. The Balaban J connectivity index is 1.50. The number of aryl methyl sites for hydroxylation is 2. The molecule has 118 valence electrons. The van der Waals surface area contributed by atoms with Gasteiger partial charge in [-0.2, -0.15) is 0 Å². The van der Waals surface area contributed by atoms with Crippen molar-refractivity contribution in [3.8, 4) is 0 Å². The van der Waals surface area contributed by atoms with Gasteiger partial charge in [0.05, 0.1) is 13.1 Å². The summed E-state index contributed by atoms with van der Waals surface area (Å²) in [5.41, 5.74) is 0. The zero-order chi connectivity index (χ0) is 15.4. The second-order valence-corrected chi connectivity index (χ2v) is 6.92. The van der Waals surface area contributed by atoms with Crippen molar-refractivity contribution >= 4 is 17.4 Å². The van der Waals surface area contributed by atoms with Crippen molar-refractivity contribution in [1.29, 1.82) is 0 Å². The normalized spacial score (nSPS) is 14.2. The van der Waals surface area contributed by atoms with Crippen LogP contribution >= 0.6 is 11.3 Å². The van der Waals surface area contributed by atoms with Gasteiger partial charge in [-0.1, -0.05) is 6.42 Å². The Morgan fingerprint density at radius 2 is 2.09 bits per heavy atom. The lowest BCUT2D eigenvalue weighted by molar-refractivity contribution is 0.240. The summed E-state index contributed by atoms with van der Waals surface area (Å²) < 4.78 is 2.15. The third-order valence-electron chi connectivity index (χ3n) is 3.81. The predicted molar refractivity (Wildman–Crippen MR) is 85.7 cm³/mol. The van der Waals surface area contributed by atoms with E-state index in [0.717, 1.165) is 35.9 Å². The quantitative estimate of drug-likeness (QED) is 0.909. The second kappa shape index (κ2) is 6.91. The Bertz CT molecular complexity index is 648. The lowest BCUT2D eigenvalue weighted by Gasteiger charge is -2.09. The monoisotopic (exact) mass is 319 g/mol. The molecule has 22 heavy (non-hydrogen) atoms. The summed E-state index contributed by atoms with van der Waals surface area (Å²) in [7, 11) is 0. The highest BCUT2D eigenvalue weighted by Gasteiger charge is 2.14. The molecule has 2 aromatic heterocycles. The van der Waals surface area contributed by atoms with E-state index in [-0.39, 0.29) is 6.03 Å². The molecule has 1 aliphatic rings. The molecule has 2 aromatic rings. The van der Waals surface area contributed by atoms with Crippen molar-refractivity contribution in [3.63, 3.8) is 0 Å². The van der Waals surface area contributed by atoms with Crippen molar-refractivity contribution in [1.82, 2.24) is 25.4 Å². The molecule has 2 amide bonds. The van der Waals surface area contributed by atoms with Gasteiger partial charge >= 0.3 is 6.03 Å². The minimum atomic E-state index is -0.169. The van der Waals surface area contributed by atoms with E-state index in [9.17, 15) is 4.79 Å². The van der Waals surface area contributed by atoms with Crippen molar-refractivity contribution < 1.29 is 4.79 Å². The molecule has 0 saturated carbocycles. The van der Waals surface area contributed by atoms with E-state index in [4.69, 9.17) is 0 Å². The lowest BCUT2D eigenvalue weighted by atomic mass is 10.2. The van der Waals surface area contributed by atoms with Gasteiger partial charge in [-0.3, -0.25) is 0 Å². The molecule has 7 heteroatoms. The van der Waals surface area contributed by atoms with E-state index in [0.29, 0.717) is 13.1 Å². The van der Waals surface area contributed by atoms with Gasteiger partial charge in [-0.15, -0.1) is 21.5 Å². The first kappa shape index (κ1) is 15.0. The molecular weight excluding hydrogens is 298 g/mol. The summed E-state index contributed by atoms with van der Waals surface area (Å²) in [6.45, 7) is 3.99. The largest absolute Gasteiger partial charge is 0.333 e. The number of thiophene rings is 1. The molecule has 2 N–H and O–H groups in total. The molecule has 0 aromatic carbocycles. The minimum absolute atomic E-state index is 0.169. The molecule has 0 saturated heterocycles. The molecule has 0 fully saturated rings. The van der Waals surface area contributed by atoms with Crippen LogP contribution in [0.25, 0.3) is 0 Å². The number of nitrogens with one attached hydrogen (secondary N) is 2. The summed E-state index contributed by atoms with van der Waals surface area (Å²) in [6.07, 6.45) is 4.54. The van der Waals surface area contributed by atoms with Crippen LogP contribution in [0.15, 0.2) is 12.1 Å². The topological polar surface area (TPSA) is 71.8 Å². The number of carbonyl (C=O) groups is 1. The van der Waals surface area contributed by atoms with E-state index in [2.05, 4.69) is 38.4 Å². The number of fused-ring (bicyclic) bond motifs is 1. The molecule has 0 bridgehead atoms. The number of urea groups is 1. The van der Waals surface area contributed by atoms with Gasteiger partial charge in [-0.25, -0.2) is 4.79 Å². The van der Waals surface area contributed by atoms with E-state index < -0.39 is 0 Å². The predicted octanol–water partition coefficient (Wildman–Crippen LogP) is 2.37. The number of rotatable bonds is 4. The van der Waals surface area contributed by atoms with Gasteiger partial charge in [0.25, 0.3) is 0 Å². The van der Waals surface area contributed by atoms with Crippen LogP contribution in [0.2, 0.25) is 0 Å². The number of aromatic nitrogens is 3. The third kappa shape index (κ3) is 3.65. The molecule has 0 aliphatic carbocycles. The third-order valence-corrected chi connectivity index (χ3v) is 4.81. The molecular formula is C15H21N5OS. The summed E-state index contributed by atoms with van der Waals surface area (Å²) in [5.74, 6) is 1.89. The van der Waals surface area contributed by atoms with Gasteiger partial charge in [0.2, 0.25) is 0 Å². The molecule has 0 unspecified atom stereocenters. The van der Waals surface area contributed by atoms with Gasteiger partial charge in [-0.05, 0) is 31.9 Å². The lowest BCUT2D eigenvalue weighted by Crippen LogP contribution is -2.35. The highest BCUT2D eigenvalue weighted by molar-refractivity contribution is 7.11. The van der Waals surface area contributed by atoms with Crippen LogP contribution in [0.1, 0.15) is 40.7 Å². The van der Waals surface area contributed by atoms with Crippen molar-refractivity contribution in [2.24, 2.45) is 0 Å². The molecule has 0 atom stereocenters. The van der Waals surface area contributed by atoms with Gasteiger partial charge < -0.3 is 15.2 Å². The van der Waals surface area contributed by atoms with E-state index in [1.54, 1.807) is 11.3 Å². The highest BCUT2D eigenvalue weighted by atomic mass is 32.1. The Morgan fingerprint density at radius 1 is 1.23 bits per heavy atom. The number of hydrogen-bond donors (Lipinski definition) is 2. The first-order valence-electron chi connectivity index (χ1n) is 7.70. The van der Waals surface area contributed by atoms with Crippen molar-refractivity contribution in [2.75, 3.05) is 0 Å². The summed E-state index contributed by atoms with van der Waals surface area (Å²) in [6, 6.07) is 3.93. The second-order valence-electron chi connectivity index (χ2n) is 5.54. The van der Waals surface area contributed by atoms with Crippen molar-refractivity contribution in [3.05, 3.63) is 33.5 Å². The van der Waals surface area contributed by atoms with Crippen LogP contribution in [-0.2, 0) is 26.1 Å². The number of nitrogens with zero attached hydrogens (tertiary/aromatic N) is 3. The average molecular weight is 319 g/mol. The van der Waals surface area contributed by atoms with Gasteiger partial charge in [0.15, 0.2) is 5.82 Å². The minimum Gasteiger partial charge on any atom is -0.333 e. The Labute approximate surface area is 133 Å². The first-order valence-corrected chi connectivity index (χ1v) is 8.52. The van der Waals surface area contributed by atoms with Crippen LogP contribution in [0.3, 0.4) is 0 Å². The van der Waals surface area contributed by atoms with Crippen LogP contribution in [0.4, 0.5) is 4.79 Å². The molecule has 0 spiro atoms. The molecule has 6 nitrogen and oxygen atoms in total. The number of amides is 2. The fourth-order valence-corrected chi connectivity index (χ4v) is 3.48. The van der Waals surface area contributed by atoms with E-state index in [1.807, 2.05) is 6.07 Å². The van der Waals surface area contributed by atoms with Crippen LogP contribution < -0.4 is 10.6 Å².